The molecule has 0 radical (unpaired) electrons. The fourth-order valence-corrected chi connectivity index (χ4v) is 7.50. The largest absolute Gasteiger partial charge is 0.456 e. The summed E-state index contributed by atoms with van der Waals surface area (Å²) in [6.45, 7) is 0. The molecular formula is C47H28N6O. The quantitative estimate of drug-likeness (QED) is 0.167. The molecule has 0 atom stereocenters. The van der Waals surface area contributed by atoms with Gasteiger partial charge in [-0.3, -0.25) is 0 Å². The Kier molecular flexibility index (Phi) is 6.72. The number of aromatic nitrogens is 6. The molecule has 3 heterocycles. The second-order valence-corrected chi connectivity index (χ2v) is 13.4. The second-order valence-electron chi connectivity index (χ2n) is 13.4. The van der Waals surface area contributed by atoms with Gasteiger partial charge >= 0.3 is 0 Å². The van der Waals surface area contributed by atoms with Gasteiger partial charge in [-0.05, 0) is 69.8 Å². The minimum atomic E-state index is 0.562. The summed E-state index contributed by atoms with van der Waals surface area (Å²) >= 11 is 0. The number of benzene rings is 8. The molecule has 8 aromatic carbocycles. The van der Waals surface area contributed by atoms with Crippen molar-refractivity contribution in [2.24, 2.45) is 0 Å². The van der Waals surface area contributed by atoms with Crippen LogP contribution in [0.3, 0.4) is 0 Å². The third-order valence-corrected chi connectivity index (χ3v) is 10.1. The highest BCUT2D eigenvalue weighted by atomic mass is 16.3. The van der Waals surface area contributed by atoms with Crippen LogP contribution in [0.1, 0.15) is 0 Å². The van der Waals surface area contributed by atoms with Crippen molar-refractivity contribution >= 4 is 54.5 Å². The Hall–Kier alpha value is -7.51. The zero-order valence-corrected chi connectivity index (χ0v) is 28.8. The predicted octanol–water partition coefficient (Wildman–Crippen LogP) is 11.5. The van der Waals surface area contributed by atoms with Crippen LogP contribution in [0.15, 0.2) is 174 Å². The summed E-state index contributed by atoms with van der Waals surface area (Å²) in [4.78, 5) is 17.2. The maximum atomic E-state index is 6.29. The summed E-state index contributed by atoms with van der Waals surface area (Å²) in [5.74, 6) is 1.72. The van der Waals surface area contributed by atoms with Gasteiger partial charge in [-0.15, -0.1) is 10.2 Å². The molecule has 7 nitrogen and oxygen atoms in total. The fraction of sp³-hybridized carbons (Fsp3) is 0. The van der Waals surface area contributed by atoms with E-state index in [1.54, 1.807) is 4.80 Å². The SMILES string of the molecule is c1ccc(-c2ccccc2-c2nc(-c3ccc4c(c3)oc3ccccc34)nc(-c3ccc4ccc5ccc6nn(-c7ccccc7)nc6c5c4c3)n2)cc1. The molecule has 0 unspecified atom stereocenters. The van der Waals surface area contributed by atoms with Crippen LogP contribution in [0.25, 0.3) is 105 Å². The summed E-state index contributed by atoms with van der Waals surface area (Å²) in [7, 11) is 0. The first kappa shape index (κ1) is 30.1. The Morgan fingerprint density at radius 3 is 1.89 bits per heavy atom. The van der Waals surface area contributed by atoms with Gasteiger partial charge in [-0.25, -0.2) is 15.0 Å². The van der Waals surface area contributed by atoms with Crippen LogP contribution in [-0.4, -0.2) is 29.9 Å². The van der Waals surface area contributed by atoms with Crippen LogP contribution in [0.4, 0.5) is 0 Å². The Bertz CT molecular complexity index is 3220. The summed E-state index contributed by atoms with van der Waals surface area (Å²) in [5, 5.41) is 16.2. The maximum absolute atomic E-state index is 6.29. The minimum absolute atomic E-state index is 0.562. The van der Waals surface area contributed by atoms with Crippen molar-refractivity contribution < 1.29 is 4.42 Å². The molecule has 3 aromatic heterocycles. The van der Waals surface area contributed by atoms with Crippen molar-refractivity contribution in [2.75, 3.05) is 0 Å². The first-order valence-electron chi connectivity index (χ1n) is 17.8. The fourth-order valence-electron chi connectivity index (χ4n) is 7.50. The number of para-hydroxylation sites is 2. The van der Waals surface area contributed by atoms with Gasteiger partial charge in [0.25, 0.3) is 0 Å². The van der Waals surface area contributed by atoms with Gasteiger partial charge in [0, 0.05) is 32.8 Å². The normalized spacial score (nSPS) is 11.7. The first-order valence-corrected chi connectivity index (χ1v) is 17.8. The third kappa shape index (κ3) is 4.94. The molecule has 0 aliphatic heterocycles. The molecule has 0 N–H and O–H groups in total. The molecule has 0 aliphatic carbocycles. The predicted molar refractivity (Wildman–Crippen MR) is 216 cm³/mol. The van der Waals surface area contributed by atoms with Gasteiger partial charge in [-0.1, -0.05) is 127 Å². The van der Waals surface area contributed by atoms with E-state index in [2.05, 4.69) is 78.9 Å². The Labute approximate surface area is 308 Å². The van der Waals surface area contributed by atoms with E-state index in [1.807, 2.05) is 91.0 Å². The van der Waals surface area contributed by atoms with Gasteiger partial charge in [0.05, 0.1) is 5.69 Å². The number of hydrogen-bond acceptors (Lipinski definition) is 6. The Morgan fingerprint density at radius 2 is 1.04 bits per heavy atom. The topological polar surface area (TPSA) is 82.5 Å². The zero-order valence-electron chi connectivity index (χ0n) is 28.8. The van der Waals surface area contributed by atoms with Crippen LogP contribution < -0.4 is 0 Å². The lowest BCUT2D eigenvalue weighted by molar-refractivity contribution is 0.669. The van der Waals surface area contributed by atoms with Gasteiger partial charge in [-0.2, -0.15) is 4.80 Å². The molecule has 0 fully saturated rings. The second kappa shape index (κ2) is 12.0. The Morgan fingerprint density at radius 1 is 0.407 bits per heavy atom. The highest BCUT2D eigenvalue weighted by Gasteiger charge is 2.18. The van der Waals surface area contributed by atoms with Crippen LogP contribution in [0, 0.1) is 0 Å². The maximum Gasteiger partial charge on any atom is 0.164 e. The van der Waals surface area contributed by atoms with Crippen molar-refractivity contribution in [1.29, 1.82) is 0 Å². The number of fused-ring (bicyclic) bond motifs is 8. The van der Waals surface area contributed by atoms with E-state index in [0.717, 1.165) is 88.0 Å². The number of rotatable bonds is 5. The third-order valence-electron chi connectivity index (χ3n) is 10.1. The van der Waals surface area contributed by atoms with E-state index in [0.29, 0.717) is 17.5 Å². The van der Waals surface area contributed by atoms with Gasteiger partial charge in [0.1, 0.15) is 22.2 Å². The lowest BCUT2D eigenvalue weighted by Crippen LogP contribution is -2.01. The van der Waals surface area contributed by atoms with Crippen LogP contribution in [0.2, 0.25) is 0 Å². The summed E-state index contributed by atoms with van der Waals surface area (Å²) in [6.07, 6.45) is 0. The zero-order chi connectivity index (χ0) is 35.6. The van der Waals surface area contributed by atoms with E-state index in [1.165, 1.54) is 0 Å². The molecule has 252 valence electrons. The molecule has 0 bridgehead atoms. The molecule has 54 heavy (non-hydrogen) atoms. The van der Waals surface area contributed by atoms with E-state index >= 15 is 0 Å². The van der Waals surface area contributed by atoms with Crippen molar-refractivity contribution in [3.8, 4) is 51.0 Å². The lowest BCUT2D eigenvalue weighted by atomic mass is 9.98. The van der Waals surface area contributed by atoms with Crippen molar-refractivity contribution in [1.82, 2.24) is 29.9 Å². The molecule has 11 rings (SSSR count). The van der Waals surface area contributed by atoms with E-state index in [4.69, 9.17) is 29.6 Å². The molecular weight excluding hydrogens is 665 g/mol. The minimum Gasteiger partial charge on any atom is -0.456 e. The van der Waals surface area contributed by atoms with Crippen molar-refractivity contribution in [3.63, 3.8) is 0 Å². The van der Waals surface area contributed by atoms with Crippen LogP contribution in [0.5, 0.6) is 0 Å². The highest BCUT2D eigenvalue weighted by Crippen LogP contribution is 2.37. The number of nitrogens with zero attached hydrogens (tertiary/aromatic N) is 6. The first-order chi connectivity index (χ1) is 26.7. The highest BCUT2D eigenvalue weighted by molar-refractivity contribution is 6.18. The molecule has 0 amide bonds. The lowest BCUT2D eigenvalue weighted by Gasteiger charge is -2.12. The van der Waals surface area contributed by atoms with Crippen molar-refractivity contribution in [2.45, 2.75) is 0 Å². The molecule has 0 saturated heterocycles. The standard InChI is InChI=1S/C47H28N6O/c1-3-11-29(12-4-1)35-15-7-8-17-38(35)47-49-45(48-46(50-47)33-23-25-37-36-16-9-10-18-41(36)54-42(37)28-33)32-22-20-30-19-21-31-24-26-40-44(43(31)39(30)27-32)52-53(51-40)34-13-5-2-6-14-34/h1-28H. The average molecular weight is 693 g/mol. The van der Waals surface area contributed by atoms with E-state index in [9.17, 15) is 0 Å². The van der Waals surface area contributed by atoms with Crippen LogP contribution in [-0.2, 0) is 0 Å². The van der Waals surface area contributed by atoms with Crippen LogP contribution >= 0.6 is 0 Å². The number of hydrogen-bond donors (Lipinski definition) is 0. The monoisotopic (exact) mass is 692 g/mol. The van der Waals surface area contributed by atoms with Crippen molar-refractivity contribution in [3.05, 3.63) is 170 Å². The molecule has 0 saturated carbocycles. The Balaban J connectivity index is 1.14. The smallest absolute Gasteiger partial charge is 0.164 e. The molecule has 11 aromatic rings. The molecule has 0 aliphatic rings. The van der Waals surface area contributed by atoms with Gasteiger partial charge in [0.15, 0.2) is 17.5 Å². The average Bonchev–Trinajstić information content (AvgIpc) is 3.86. The van der Waals surface area contributed by atoms with Gasteiger partial charge < -0.3 is 4.42 Å². The summed E-state index contributed by atoms with van der Waals surface area (Å²) < 4.78 is 6.29. The van der Waals surface area contributed by atoms with E-state index < -0.39 is 0 Å². The molecule has 0 spiro atoms. The summed E-state index contributed by atoms with van der Waals surface area (Å²) in [6, 6.07) is 57.7. The number of furan rings is 1. The molecule has 7 heteroatoms. The summed E-state index contributed by atoms with van der Waals surface area (Å²) in [5.41, 5.74) is 8.97. The van der Waals surface area contributed by atoms with Gasteiger partial charge in [0.2, 0.25) is 0 Å². The van der Waals surface area contributed by atoms with E-state index in [-0.39, 0.29) is 0 Å².